The molecular formula is C16H29NO3. The molecule has 2 saturated carbocycles. The van der Waals surface area contributed by atoms with Crippen LogP contribution in [0.3, 0.4) is 0 Å². The van der Waals surface area contributed by atoms with Crippen LogP contribution in [0.5, 0.6) is 0 Å². The van der Waals surface area contributed by atoms with Crippen molar-refractivity contribution in [3.05, 3.63) is 0 Å². The van der Waals surface area contributed by atoms with Crippen LogP contribution < -0.4 is 5.73 Å². The Balaban J connectivity index is 0.000000217. The van der Waals surface area contributed by atoms with Gasteiger partial charge in [0.15, 0.2) is 0 Å². The van der Waals surface area contributed by atoms with Crippen molar-refractivity contribution in [2.24, 2.45) is 11.7 Å². The Labute approximate surface area is 122 Å². The fourth-order valence-electron chi connectivity index (χ4n) is 2.58. The molecule has 20 heavy (non-hydrogen) atoms. The summed E-state index contributed by atoms with van der Waals surface area (Å²) in [7, 11) is 0. The lowest BCUT2D eigenvalue weighted by molar-refractivity contribution is -0.124. The van der Waals surface area contributed by atoms with Crippen LogP contribution in [0.15, 0.2) is 0 Å². The van der Waals surface area contributed by atoms with Crippen LogP contribution in [0, 0.1) is 5.92 Å². The molecule has 0 saturated heterocycles. The minimum atomic E-state index is -0.272. The Bertz CT molecular complexity index is 294. The van der Waals surface area contributed by atoms with Gasteiger partial charge in [0.1, 0.15) is 5.78 Å². The summed E-state index contributed by atoms with van der Waals surface area (Å²) in [6, 6.07) is 0. The summed E-state index contributed by atoms with van der Waals surface area (Å²) in [6.45, 7) is 2.45. The van der Waals surface area contributed by atoms with Gasteiger partial charge in [-0.3, -0.25) is 9.59 Å². The van der Waals surface area contributed by atoms with E-state index in [-0.39, 0.29) is 5.91 Å². The highest BCUT2D eigenvalue weighted by Crippen LogP contribution is 2.27. The van der Waals surface area contributed by atoms with E-state index in [0.29, 0.717) is 30.8 Å². The van der Waals surface area contributed by atoms with Gasteiger partial charge in [0, 0.05) is 18.8 Å². The lowest BCUT2D eigenvalue weighted by atomic mass is 9.81. The van der Waals surface area contributed by atoms with Crippen LogP contribution in [0.2, 0.25) is 0 Å². The van der Waals surface area contributed by atoms with Gasteiger partial charge >= 0.3 is 0 Å². The first-order valence-corrected chi connectivity index (χ1v) is 8.06. The van der Waals surface area contributed by atoms with Crippen LogP contribution in [0.25, 0.3) is 0 Å². The van der Waals surface area contributed by atoms with Crippen molar-refractivity contribution >= 4 is 11.7 Å². The SMILES string of the molecule is CCC(=O)C1CCC1.NC(=O)CCOC1CCCCC1. The molecule has 0 radical (unpaired) electrons. The minimum absolute atomic E-state index is 0.272. The summed E-state index contributed by atoms with van der Waals surface area (Å²) < 4.78 is 5.49. The molecule has 1 amide bonds. The molecule has 2 fully saturated rings. The van der Waals surface area contributed by atoms with E-state index in [1.165, 1.54) is 25.7 Å². The quantitative estimate of drug-likeness (QED) is 0.814. The number of rotatable bonds is 6. The molecule has 2 aliphatic carbocycles. The largest absolute Gasteiger partial charge is 0.378 e. The normalized spacial score (nSPS) is 19.6. The maximum absolute atomic E-state index is 10.8. The fourth-order valence-corrected chi connectivity index (χ4v) is 2.58. The lowest BCUT2D eigenvalue weighted by Gasteiger charge is -2.22. The van der Waals surface area contributed by atoms with E-state index in [0.717, 1.165) is 32.1 Å². The van der Waals surface area contributed by atoms with E-state index < -0.39 is 0 Å². The standard InChI is InChI=1S/C9H17NO2.C7H12O/c10-9(11)6-7-12-8-4-2-1-3-5-8;1-2-7(8)6-4-3-5-6/h8H,1-7H2,(H2,10,11);6H,2-5H2,1H3. The maximum Gasteiger partial charge on any atom is 0.219 e. The van der Waals surface area contributed by atoms with Crippen LogP contribution >= 0.6 is 0 Å². The Morgan fingerprint density at radius 1 is 1.05 bits per heavy atom. The van der Waals surface area contributed by atoms with Gasteiger partial charge in [-0.2, -0.15) is 0 Å². The number of ketones is 1. The third kappa shape index (κ3) is 7.04. The van der Waals surface area contributed by atoms with Crippen LogP contribution in [-0.2, 0) is 14.3 Å². The minimum Gasteiger partial charge on any atom is -0.378 e. The van der Waals surface area contributed by atoms with Crippen LogP contribution in [0.4, 0.5) is 0 Å². The Hall–Kier alpha value is -0.900. The Morgan fingerprint density at radius 2 is 1.70 bits per heavy atom. The highest BCUT2D eigenvalue weighted by atomic mass is 16.5. The second-order valence-electron chi connectivity index (χ2n) is 5.79. The molecule has 0 aromatic rings. The number of nitrogens with two attached hydrogens (primary N) is 1. The van der Waals surface area contributed by atoms with Gasteiger partial charge in [0.25, 0.3) is 0 Å². The van der Waals surface area contributed by atoms with Gasteiger partial charge in [0.2, 0.25) is 5.91 Å². The van der Waals surface area contributed by atoms with E-state index in [9.17, 15) is 9.59 Å². The molecule has 0 atom stereocenters. The van der Waals surface area contributed by atoms with Crippen molar-refractivity contribution in [2.75, 3.05) is 6.61 Å². The molecule has 2 aliphatic rings. The third-order valence-electron chi connectivity index (χ3n) is 4.16. The molecule has 4 heteroatoms. The molecule has 2 N–H and O–H groups in total. The van der Waals surface area contributed by atoms with Crippen molar-refractivity contribution in [3.63, 3.8) is 0 Å². The fraction of sp³-hybridized carbons (Fsp3) is 0.875. The first kappa shape index (κ1) is 17.2. The summed E-state index contributed by atoms with van der Waals surface area (Å²) in [4.78, 5) is 21.2. The van der Waals surface area contributed by atoms with Gasteiger partial charge in [-0.1, -0.05) is 32.6 Å². The number of carbonyl (C=O) groups is 2. The van der Waals surface area contributed by atoms with Crippen LogP contribution in [-0.4, -0.2) is 24.4 Å². The van der Waals surface area contributed by atoms with Crippen molar-refractivity contribution < 1.29 is 14.3 Å². The van der Waals surface area contributed by atoms with E-state index >= 15 is 0 Å². The zero-order chi connectivity index (χ0) is 14.8. The van der Waals surface area contributed by atoms with Gasteiger partial charge in [-0.15, -0.1) is 0 Å². The highest BCUT2D eigenvalue weighted by molar-refractivity contribution is 5.81. The molecule has 4 nitrogen and oxygen atoms in total. The molecule has 2 rings (SSSR count). The molecule has 0 unspecified atom stereocenters. The van der Waals surface area contributed by atoms with Gasteiger partial charge in [-0.05, 0) is 25.7 Å². The Kier molecular flexibility index (Phi) is 8.51. The first-order chi connectivity index (χ1) is 9.63. The number of Topliss-reactive ketones (excluding diaryl/α,β-unsaturated/α-hetero) is 1. The monoisotopic (exact) mass is 283 g/mol. The number of primary amides is 1. The lowest BCUT2D eigenvalue weighted by Crippen LogP contribution is -2.20. The third-order valence-corrected chi connectivity index (χ3v) is 4.16. The number of ether oxygens (including phenoxy) is 1. The van der Waals surface area contributed by atoms with Crippen molar-refractivity contribution in [1.29, 1.82) is 0 Å². The van der Waals surface area contributed by atoms with E-state index in [1.807, 2.05) is 6.92 Å². The predicted molar refractivity (Wildman–Crippen MR) is 79.3 cm³/mol. The van der Waals surface area contributed by atoms with Crippen molar-refractivity contribution in [3.8, 4) is 0 Å². The molecule has 116 valence electrons. The summed E-state index contributed by atoms with van der Waals surface area (Å²) in [6.07, 6.45) is 11.2. The smallest absolute Gasteiger partial charge is 0.219 e. The molecule has 0 bridgehead atoms. The van der Waals surface area contributed by atoms with E-state index in [4.69, 9.17) is 10.5 Å². The first-order valence-electron chi connectivity index (χ1n) is 8.06. The topological polar surface area (TPSA) is 69.4 Å². The van der Waals surface area contributed by atoms with Crippen molar-refractivity contribution in [2.45, 2.75) is 77.2 Å². The molecule has 0 aromatic carbocycles. The zero-order valence-corrected chi connectivity index (χ0v) is 12.7. The second kappa shape index (κ2) is 9.92. The van der Waals surface area contributed by atoms with Gasteiger partial charge in [-0.25, -0.2) is 0 Å². The number of hydrogen-bond acceptors (Lipinski definition) is 3. The summed E-state index contributed by atoms with van der Waals surface area (Å²) >= 11 is 0. The summed E-state index contributed by atoms with van der Waals surface area (Å²) in [5, 5.41) is 0. The Morgan fingerprint density at radius 3 is 2.10 bits per heavy atom. The molecule has 0 aliphatic heterocycles. The molecule has 0 spiro atoms. The summed E-state index contributed by atoms with van der Waals surface area (Å²) in [5.74, 6) is 0.655. The zero-order valence-electron chi connectivity index (χ0n) is 12.7. The highest BCUT2D eigenvalue weighted by Gasteiger charge is 2.22. The second-order valence-corrected chi connectivity index (χ2v) is 5.79. The summed E-state index contributed by atoms with van der Waals surface area (Å²) in [5.41, 5.74) is 4.99. The average molecular weight is 283 g/mol. The number of carbonyl (C=O) groups excluding carboxylic acids is 2. The van der Waals surface area contributed by atoms with Crippen LogP contribution in [0.1, 0.15) is 71.1 Å². The molecule has 0 heterocycles. The van der Waals surface area contributed by atoms with Crippen molar-refractivity contribution in [1.82, 2.24) is 0 Å². The molecular weight excluding hydrogens is 254 g/mol. The molecule has 0 aromatic heterocycles. The number of hydrogen-bond donors (Lipinski definition) is 1. The van der Waals surface area contributed by atoms with E-state index in [1.54, 1.807) is 0 Å². The van der Waals surface area contributed by atoms with Gasteiger partial charge < -0.3 is 10.5 Å². The average Bonchev–Trinajstić information content (AvgIpc) is 2.38. The number of amides is 1. The maximum atomic E-state index is 10.8. The predicted octanol–water partition coefficient (Wildman–Crippen LogP) is 2.98. The van der Waals surface area contributed by atoms with Gasteiger partial charge in [0.05, 0.1) is 12.7 Å². The van der Waals surface area contributed by atoms with E-state index in [2.05, 4.69) is 0 Å².